The van der Waals surface area contributed by atoms with Crippen LogP contribution in [0.3, 0.4) is 0 Å². The first-order valence-corrected chi connectivity index (χ1v) is 10.4. The standard InChI is InChI=1S/C20H23F3N4O2S/c21-20(22,23)16-5-1-2-6-17(16)25-19(29)14-27-9-7-26(8-10-27)13-18(28)24-12-15-4-3-11-30-15/h1-6,11H,7-10,12-14H2,(H,24,28)(H,25,29). The first-order chi connectivity index (χ1) is 14.3. The second-order valence-corrected chi connectivity index (χ2v) is 8.03. The minimum absolute atomic E-state index is 0.00457. The minimum atomic E-state index is -4.53. The van der Waals surface area contributed by atoms with E-state index >= 15 is 0 Å². The summed E-state index contributed by atoms with van der Waals surface area (Å²) >= 11 is 1.58. The van der Waals surface area contributed by atoms with Crippen molar-refractivity contribution in [1.82, 2.24) is 15.1 Å². The van der Waals surface area contributed by atoms with Gasteiger partial charge < -0.3 is 10.6 Å². The highest BCUT2D eigenvalue weighted by atomic mass is 32.1. The van der Waals surface area contributed by atoms with Crippen molar-refractivity contribution in [1.29, 1.82) is 0 Å². The number of rotatable bonds is 7. The van der Waals surface area contributed by atoms with Gasteiger partial charge in [0.1, 0.15) is 0 Å². The Balaban J connectivity index is 1.40. The number of thiophene rings is 1. The predicted octanol–water partition coefficient (Wildman–Crippen LogP) is 2.64. The number of alkyl halides is 3. The molecule has 0 saturated carbocycles. The average molecular weight is 440 g/mol. The number of halogens is 3. The number of benzene rings is 1. The van der Waals surface area contributed by atoms with Crippen LogP contribution in [0.5, 0.6) is 0 Å². The number of para-hydroxylation sites is 1. The van der Waals surface area contributed by atoms with E-state index in [1.165, 1.54) is 18.2 Å². The zero-order chi connectivity index (χ0) is 21.6. The van der Waals surface area contributed by atoms with E-state index in [1.54, 1.807) is 11.3 Å². The van der Waals surface area contributed by atoms with E-state index in [-0.39, 0.29) is 24.7 Å². The van der Waals surface area contributed by atoms with Crippen LogP contribution < -0.4 is 10.6 Å². The zero-order valence-electron chi connectivity index (χ0n) is 16.2. The fraction of sp³-hybridized carbons (Fsp3) is 0.400. The molecule has 0 unspecified atom stereocenters. The third kappa shape index (κ3) is 6.54. The van der Waals surface area contributed by atoms with Crippen LogP contribution in [0.2, 0.25) is 0 Å². The lowest BCUT2D eigenvalue weighted by atomic mass is 10.1. The van der Waals surface area contributed by atoms with Gasteiger partial charge in [0, 0.05) is 31.1 Å². The van der Waals surface area contributed by atoms with Crippen LogP contribution in [0.4, 0.5) is 18.9 Å². The zero-order valence-corrected chi connectivity index (χ0v) is 17.1. The molecular weight excluding hydrogens is 417 g/mol. The number of nitrogens with zero attached hydrogens (tertiary/aromatic N) is 2. The summed E-state index contributed by atoms with van der Waals surface area (Å²) in [5.74, 6) is -0.549. The minimum Gasteiger partial charge on any atom is -0.350 e. The number of hydrogen-bond donors (Lipinski definition) is 2. The number of piperazine rings is 1. The molecule has 0 radical (unpaired) electrons. The molecule has 0 bridgehead atoms. The molecule has 1 aromatic heterocycles. The molecule has 162 valence electrons. The Kier molecular flexibility index (Phi) is 7.46. The second-order valence-electron chi connectivity index (χ2n) is 7.00. The van der Waals surface area contributed by atoms with Crippen molar-refractivity contribution in [2.24, 2.45) is 0 Å². The van der Waals surface area contributed by atoms with Crippen molar-refractivity contribution in [3.8, 4) is 0 Å². The second kappa shape index (κ2) is 10.1. The number of nitrogens with one attached hydrogen (secondary N) is 2. The highest BCUT2D eigenvalue weighted by Crippen LogP contribution is 2.34. The lowest BCUT2D eigenvalue weighted by Gasteiger charge is -2.33. The first-order valence-electron chi connectivity index (χ1n) is 9.51. The molecule has 3 rings (SSSR count). The average Bonchev–Trinajstić information content (AvgIpc) is 3.21. The number of hydrogen-bond acceptors (Lipinski definition) is 5. The van der Waals surface area contributed by atoms with Crippen molar-refractivity contribution in [3.63, 3.8) is 0 Å². The lowest BCUT2D eigenvalue weighted by Crippen LogP contribution is -2.50. The fourth-order valence-electron chi connectivity index (χ4n) is 3.20. The third-order valence-electron chi connectivity index (χ3n) is 4.75. The quantitative estimate of drug-likeness (QED) is 0.695. The fourth-order valence-corrected chi connectivity index (χ4v) is 3.84. The van der Waals surface area contributed by atoms with Gasteiger partial charge in [-0.3, -0.25) is 19.4 Å². The molecule has 0 atom stereocenters. The monoisotopic (exact) mass is 440 g/mol. The Labute approximate surface area is 176 Å². The van der Waals surface area contributed by atoms with Crippen LogP contribution in [0.25, 0.3) is 0 Å². The lowest BCUT2D eigenvalue weighted by molar-refractivity contribution is -0.137. The number of amides is 2. The van der Waals surface area contributed by atoms with Crippen LogP contribution in [0, 0.1) is 0 Å². The molecule has 30 heavy (non-hydrogen) atoms. The summed E-state index contributed by atoms with van der Waals surface area (Å²) < 4.78 is 39.1. The van der Waals surface area contributed by atoms with Gasteiger partial charge in [0.15, 0.2) is 0 Å². The molecule has 0 spiro atoms. The van der Waals surface area contributed by atoms with Crippen LogP contribution in [0.15, 0.2) is 41.8 Å². The van der Waals surface area contributed by atoms with Crippen LogP contribution in [-0.4, -0.2) is 60.9 Å². The Morgan fingerprint density at radius 3 is 2.17 bits per heavy atom. The molecule has 1 fully saturated rings. The molecule has 0 aliphatic carbocycles. The van der Waals surface area contributed by atoms with E-state index in [4.69, 9.17) is 0 Å². The maximum Gasteiger partial charge on any atom is 0.418 e. The van der Waals surface area contributed by atoms with Gasteiger partial charge >= 0.3 is 6.18 Å². The number of carbonyl (C=O) groups excluding carboxylic acids is 2. The van der Waals surface area contributed by atoms with Crippen molar-refractivity contribution in [2.45, 2.75) is 12.7 Å². The number of carbonyl (C=O) groups is 2. The topological polar surface area (TPSA) is 64.7 Å². The van der Waals surface area contributed by atoms with Crippen LogP contribution in [0.1, 0.15) is 10.4 Å². The van der Waals surface area contributed by atoms with Gasteiger partial charge in [-0.05, 0) is 23.6 Å². The van der Waals surface area contributed by atoms with Crippen molar-refractivity contribution in [2.75, 3.05) is 44.6 Å². The van der Waals surface area contributed by atoms with Crippen LogP contribution in [-0.2, 0) is 22.3 Å². The molecule has 2 heterocycles. The van der Waals surface area contributed by atoms with Crippen molar-refractivity contribution < 1.29 is 22.8 Å². The maximum atomic E-state index is 13.0. The number of anilines is 1. The first kappa shape index (κ1) is 22.3. The smallest absolute Gasteiger partial charge is 0.350 e. The Bertz CT molecular complexity index is 850. The third-order valence-corrected chi connectivity index (χ3v) is 5.62. The highest BCUT2D eigenvalue weighted by molar-refractivity contribution is 7.09. The summed E-state index contributed by atoms with van der Waals surface area (Å²) in [6.07, 6.45) is -4.53. The predicted molar refractivity (Wildman–Crippen MR) is 109 cm³/mol. The van der Waals surface area contributed by atoms with Crippen molar-refractivity contribution >= 4 is 28.8 Å². The van der Waals surface area contributed by atoms with E-state index in [0.29, 0.717) is 32.7 Å². The normalized spacial score (nSPS) is 15.7. The van der Waals surface area contributed by atoms with Gasteiger partial charge in [0.2, 0.25) is 11.8 Å². The van der Waals surface area contributed by atoms with E-state index in [0.717, 1.165) is 10.9 Å². The summed E-state index contributed by atoms with van der Waals surface area (Å²) in [6, 6.07) is 8.82. The summed E-state index contributed by atoms with van der Waals surface area (Å²) in [7, 11) is 0. The molecule has 10 heteroatoms. The molecule has 1 saturated heterocycles. The van der Waals surface area contributed by atoms with Gasteiger partial charge in [-0.1, -0.05) is 18.2 Å². The molecule has 1 aliphatic rings. The largest absolute Gasteiger partial charge is 0.418 e. The molecular formula is C20H23F3N4O2S. The van der Waals surface area contributed by atoms with Crippen molar-refractivity contribution in [3.05, 3.63) is 52.2 Å². The van der Waals surface area contributed by atoms with E-state index in [2.05, 4.69) is 10.6 Å². The molecule has 6 nitrogen and oxygen atoms in total. The summed E-state index contributed by atoms with van der Waals surface area (Å²) in [6.45, 7) is 3.14. The summed E-state index contributed by atoms with van der Waals surface area (Å²) in [5.41, 5.74) is -1.10. The molecule has 2 amide bonds. The summed E-state index contributed by atoms with van der Waals surface area (Å²) in [5, 5.41) is 7.20. The Hall–Kier alpha value is -2.43. The maximum absolute atomic E-state index is 13.0. The molecule has 1 aromatic carbocycles. The van der Waals surface area contributed by atoms with Gasteiger partial charge in [-0.25, -0.2) is 0 Å². The SMILES string of the molecule is O=C(CN1CCN(CC(=O)Nc2ccccc2C(F)(F)F)CC1)NCc1cccs1. The Morgan fingerprint density at radius 2 is 1.57 bits per heavy atom. The molecule has 2 aromatic rings. The van der Waals surface area contributed by atoms with Crippen LogP contribution >= 0.6 is 11.3 Å². The van der Waals surface area contributed by atoms with Gasteiger partial charge in [-0.15, -0.1) is 11.3 Å². The Morgan fingerprint density at radius 1 is 0.933 bits per heavy atom. The van der Waals surface area contributed by atoms with Gasteiger partial charge in [-0.2, -0.15) is 13.2 Å². The van der Waals surface area contributed by atoms with Gasteiger partial charge in [0.25, 0.3) is 0 Å². The molecule has 2 N–H and O–H groups in total. The van der Waals surface area contributed by atoms with E-state index in [9.17, 15) is 22.8 Å². The van der Waals surface area contributed by atoms with E-state index < -0.39 is 17.6 Å². The highest BCUT2D eigenvalue weighted by Gasteiger charge is 2.33. The van der Waals surface area contributed by atoms with E-state index in [1.807, 2.05) is 27.3 Å². The summed E-state index contributed by atoms with van der Waals surface area (Å²) in [4.78, 5) is 29.2. The molecule has 1 aliphatic heterocycles. The van der Waals surface area contributed by atoms with Gasteiger partial charge in [0.05, 0.1) is 30.9 Å².